The summed E-state index contributed by atoms with van der Waals surface area (Å²) in [6.45, 7) is 0. The molecule has 0 saturated heterocycles. The largest absolute Gasteiger partial charge is 0.488 e. The molecule has 1 spiro atoms. The molecular formula is C21H12F5NO3. The Bertz CT molecular complexity index is 1190. The molecule has 2 aromatic carbocycles. The Morgan fingerprint density at radius 3 is 2.47 bits per heavy atom. The van der Waals surface area contributed by atoms with Crippen molar-refractivity contribution in [2.75, 3.05) is 5.32 Å². The van der Waals surface area contributed by atoms with Gasteiger partial charge in [-0.25, -0.2) is 8.78 Å². The van der Waals surface area contributed by atoms with Gasteiger partial charge in [-0.1, -0.05) is 18.2 Å². The van der Waals surface area contributed by atoms with Gasteiger partial charge >= 0.3 is 6.18 Å². The zero-order valence-electron chi connectivity index (χ0n) is 15.0. The number of nitrogens with one attached hydrogen (secondary N) is 1. The first-order valence-electron chi connectivity index (χ1n) is 8.94. The van der Waals surface area contributed by atoms with Crippen molar-refractivity contribution in [3.05, 3.63) is 82.8 Å². The molecule has 0 radical (unpaired) electrons. The molecule has 1 unspecified atom stereocenters. The van der Waals surface area contributed by atoms with E-state index < -0.39 is 41.0 Å². The number of ether oxygens (including phenoxy) is 1. The summed E-state index contributed by atoms with van der Waals surface area (Å²) in [5.74, 6) is -4.16. The molecule has 2 aliphatic heterocycles. The van der Waals surface area contributed by atoms with Gasteiger partial charge in [0.25, 0.3) is 0 Å². The van der Waals surface area contributed by atoms with E-state index in [-0.39, 0.29) is 23.5 Å². The molecule has 0 bridgehead atoms. The molecule has 2 aliphatic rings. The lowest BCUT2D eigenvalue weighted by Crippen LogP contribution is -2.46. The fourth-order valence-electron chi connectivity index (χ4n) is 4.23. The molecule has 5 rings (SSSR count). The van der Waals surface area contributed by atoms with Crippen LogP contribution in [0.4, 0.5) is 27.6 Å². The first-order chi connectivity index (χ1) is 14.2. The number of hydrogen-bond donors (Lipinski definition) is 1. The average Bonchev–Trinajstić information content (AvgIpc) is 3.34. The fraction of sp³-hybridized carbons (Fsp3) is 0.190. The van der Waals surface area contributed by atoms with Crippen LogP contribution in [0.5, 0.6) is 5.75 Å². The minimum Gasteiger partial charge on any atom is -0.488 e. The predicted octanol–water partition coefficient (Wildman–Crippen LogP) is 4.82. The summed E-state index contributed by atoms with van der Waals surface area (Å²) in [7, 11) is 0. The number of anilines is 1. The lowest BCUT2D eigenvalue weighted by Gasteiger charge is -2.28. The zero-order chi connectivity index (χ0) is 21.3. The molecule has 0 aliphatic carbocycles. The minimum atomic E-state index is -4.67. The van der Waals surface area contributed by atoms with E-state index in [0.717, 1.165) is 24.3 Å². The second-order valence-corrected chi connectivity index (χ2v) is 7.14. The van der Waals surface area contributed by atoms with Crippen LogP contribution < -0.4 is 10.1 Å². The summed E-state index contributed by atoms with van der Waals surface area (Å²) in [5.41, 5.74) is -0.529. The molecule has 0 saturated carbocycles. The van der Waals surface area contributed by atoms with Gasteiger partial charge in [0, 0.05) is 23.7 Å². The number of rotatable bonds is 2. The highest BCUT2D eigenvalue weighted by Gasteiger charge is 2.60. The van der Waals surface area contributed by atoms with Gasteiger partial charge in [0.2, 0.25) is 11.7 Å². The number of para-hydroxylation sites is 1. The second kappa shape index (κ2) is 6.07. The Hall–Kier alpha value is -3.36. The second-order valence-electron chi connectivity index (χ2n) is 7.14. The Kier molecular flexibility index (Phi) is 3.77. The number of halogens is 5. The third-order valence-electron chi connectivity index (χ3n) is 5.49. The maximum absolute atomic E-state index is 14.1. The molecule has 0 fully saturated rings. The number of benzene rings is 2. The molecule has 4 nitrogen and oxygen atoms in total. The van der Waals surface area contributed by atoms with Gasteiger partial charge in [0.05, 0.1) is 0 Å². The smallest absolute Gasteiger partial charge is 0.449 e. The Balaban J connectivity index is 1.66. The summed E-state index contributed by atoms with van der Waals surface area (Å²) in [6, 6.07) is 10.3. The van der Waals surface area contributed by atoms with Crippen molar-refractivity contribution >= 4 is 11.6 Å². The maximum atomic E-state index is 14.1. The molecule has 3 heterocycles. The van der Waals surface area contributed by atoms with Crippen LogP contribution in [0.3, 0.4) is 0 Å². The van der Waals surface area contributed by atoms with Gasteiger partial charge in [-0.05, 0) is 29.8 Å². The van der Waals surface area contributed by atoms with Gasteiger partial charge in [-0.3, -0.25) is 4.79 Å². The molecule has 1 aromatic heterocycles. The molecule has 1 amide bonds. The highest BCUT2D eigenvalue weighted by Crippen LogP contribution is 2.54. The van der Waals surface area contributed by atoms with E-state index in [1.54, 1.807) is 24.3 Å². The lowest BCUT2D eigenvalue weighted by atomic mass is 9.71. The van der Waals surface area contributed by atoms with Crippen LogP contribution in [0.2, 0.25) is 0 Å². The number of amides is 1. The van der Waals surface area contributed by atoms with Crippen molar-refractivity contribution in [2.45, 2.75) is 24.1 Å². The van der Waals surface area contributed by atoms with Crippen molar-refractivity contribution in [2.24, 2.45) is 0 Å². The van der Waals surface area contributed by atoms with Gasteiger partial charge in [0.15, 0.2) is 11.6 Å². The number of carbonyl (C=O) groups is 1. The molecule has 3 aromatic rings. The van der Waals surface area contributed by atoms with E-state index in [1.807, 2.05) is 0 Å². The van der Waals surface area contributed by atoms with Crippen LogP contribution >= 0.6 is 0 Å². The van der Waals surface area contributed by atoms with Crippen LogP contribution in [0, 0.1) is 11.6 Å². The SMILES string of the molecule is O=C1Nc2ccccc2C12c1cc(F)c(F)cc1O[C@@H]2Cc1ccc(C(F)(F)F)o1. The summed E-state index contributed by atoms with van der Waals surface area (Å²) < 4.78 is 77.3. The van der Waals surface area contributed by atoms with Crippen molar-refractivity contribution in [1.82, 2.24) is 0 Å². The molecule has 1 N–H and O–H groups in total. The third kappa shape index (κ3) is 2.47. The number of alkyl halides is 3. The van der Waals surface area contributed by atoms with Crippen LogP contribution in [-0.4, -0.2) is 12.0 Å². The van der Waals surface area contributed by atoms with E-state index in [4.69, 9.17) is 9.15 Å². The fourth-order valence-corrected chi connectivity index (χ4v) is 4.23. The Morgan fingerprint density at radius 1 is 1.00 bits per heavy atom. The van der Waals surface area contributed by atoms with Gasteiger partial charge in [-0.2, -0.15) is 13.2 Å². The first-order valence-corrected chi connectivity index (χ1v) is 8.94. The van der Waals surface area contributed by atoms with Crippen molar-refractivity contribution in [1.29, 1.82) is 0 Å². The maximum Gasteiger partial charge on any atom is 0.449 e. The summed E-state index contributed by atoms with van der Waals surface area (Å²) in [4.78, 5) is 13.2. The number of fused-ring (bicyclic) bond motifs is 4. The van der Waals surface area contributed by atoms with Crippen LogP contribution in [0.25, 0.3) is 0 Å². The molecule has 2 atom stereocenters. The summed E-state index contributed by atoms with van der Waals surface area (Å²) in [6.07, 6.45) is -5.97. The van der Waals surface area contributed by atoms with Gasteiger partial charge < -0.3 is 14.5 Å². The van der Waals surface area contributed by atoms with E-state index in [0.29, 0.717) is 11.3 Å². The van der Waals surface area contributed by atoms with Crippen LogP contribution in [-0.2, 0) is 22.8 Å². The predicted molar refractivity (Wildman–Crippen MR) is 94.0 cm³/mol. The van der Waals surface area contributed by atoms with Gasteiger partial charge in [-0.15, -0.1) is 0 Å². The number of furan rings is 1. The monoisotopic (exact) mass is 421 g/mol. The number of hydrogen-bond acceptors (Lipinski definition) is 3. The third-order valence-corrected chi connectivity index (χ3v) is 5.49. The highest BCUT2D eigenvalue weighted by atomic mass is 19.4. The average molecular weight is 421 g/mol. The Morgan fingerprint density at radius 2 is 1.73 bits per heavy atom. The molecule has 9 heteroatoms. The molecule has 154 valence electrons. The van der Waals surface area contributed by atoms with Crippen LogP contribution in [0.1, 0.15) is 22.6 Å². The normalized spacial score (nSPS) is 22.0. The first kappa shape index (κ1) is 18.7. The van der Waals surface area contributed by atoms with E-state index in [2.05, 4.69) is 5.32 Å². The van der Waals surface area contributed by atoms with Crippen molar-refractivity contribution < 1.29 is 35.9 Å². The molecular weight excluding hydrogens is 409 g/mol. The summed E-state index contributed by atoms with van der Waals surface area (Å²) >= 11 is 0. The standard InChI is InChI=1S/C21H12F5NO3/c22-13-8-12-16(9-14(13)23)30-18(7-10-5-6-17(29-10)21(24,25)26)20(12)11-3-1-2-4-15(11)27-19(20)28/h1-6,8-9,18H,7H2,(H,27,28)/t18-,20?/m1/s1. The highest BCUT2D eigenvalue weighted by molar-refractivity contribution is 6.10. The van der Waals surface area contributed by atoms with E-state index in [9.17, 15) is 26.7 Å². The lowest BCUT2D eigenvalue weighted by molar-refractivity contribution is -0.153. The molecule has 30 heavy (non-hydrogen) atoms. The van der Waals surface area contributed by atoms with Crippen molar-refractivity contribution in [3.8, 4) is 5.75 Å². The van der Waals surface area contributed by atoms with E-state index in [1.165, 1.54) is 0 Å². The summed E-state index contributed by atoms with van der Waals surface area (Å²) in [5, 5.41) is 2.70. The van der Waals surface area contributed by atoms with Gasteiger partial charge in [0.1, 0.15) is 23.0 Å². The quantitative estimate of drug-likeness (QED) is 0.604. The van der Waals surface area contributed by atoms with E-state index >= 15 is 0 Å². The number of carbonyl (C=O) groups excluding carboxylic acids is 1. The zero-order valence-corrected chi connectivity index (χ0v) is 15.0. The van der Waals surface area contributed by atoms with Crippen molar-refractivity contribution in [3.63, 3.8) is 0 Å². The topological polar surface area (TPSA) is 51.5 Å². The van der Waals surface area contributed by atoms with Crippen LogP contribution in [0.15, 0.2) is 52.9 Å². The minimum absolute atomic E-state index is 0.0478. The Labute approximate surface area is 166 Å².